The molecule has 3 aromatic rings. The molecule has 24 heavy (non-hydrogen) atoms. The molecule has 0 radical (unpaired) electrons. The molecule has 4 nitrogen and oxygen atoms in total. The van der Waals surface area contributed by atoms with Gasteiger partial charge in [-0.3, -0.25) is 4.79 Å². The van der Waals surface area contributed by atoms with Crippen molar-refractivity contribution in [2.75, 3.05) is 6.54 Å². The minimum atomic E-state index is 0.00693. The van der Waals surface area contributed by atoms with Gasteiger partial charge in [0.05, 0.1) is 11.1 Å². The zero-order valence-electron chi connectivity index (χ0n) is 13.6. The Morgan fingerprint density at radius 1 is 1.12 bits per heavy atom. The minimum absolute atomic E-state index is 0.00693. The number of nitrogens with two attached hydrogens (primary N) is 1. The predicted molar refractivity (Wildman–Crippen MR) is 98.9 cm³/mol. The summed E-state index contributed by atoms with van der Waals surface area (Å²) in [6.45, 7) is 7.97. The molecule has 1 aromatic heterocycles. The second-order valence-electron chi connectivity index (χ2n) is 5.58. The van der Waals surface area contributed by atoms with E-state index in [2.05, 4.69) is 59.4 Å². The van der Waals surface area contributed by atoms with Gasteiger partial charge in [0.25, 0.3) is 5.91 Å². The number of carbonyl (C=O) groups excluding carboxylic acids is 1. The number of aromatic nitrogens is 1. The van der Waals surface area contributed by atoms with Crippen molar-refractivity contribution in [1.29, 1.82) is 0 Å². The maximum atomic E-state index is 12.2. The third-order valence-electron chi connectivity index (χ3n) is 4.27. The van der Waals surface area contributed by atoms with Crippen LogP contribution < -0.4 is 11.1 Å². The van der Waals surface area contributed by atoms with E-state index >= 15 is 0 Å². The fourth-order valence-corrected chi connectivity index (χ4v) is 3.17. The second kappa shape index (κ2) is 6.72. The average molecular weight is 319 g/mol. The molecule has 0 spiro atoms. The van der Waals surface area contributed by atoms with Crippen molar-refractivity contribution < 1.29 is 4.79 Å². The minimum Gasteiger partial charge on any atom is -0.350 e. The lowest BCUT2D eigenvalue weighted by Crippen LogP contribution is -2.24. The van der Waals surface area contributed by atoms with Gasteiger partial charge in [0.15, 0.2) is 0 Å². The third kappa shape index (κ3) is 2.61. The number of carbonyl (C=O) groups is 1. The summed E-state index contributed by atoms with van der Waals surface area (Å²) in [5.74, 6) is 0.00693. The van der Waals surface area contributed by atoms with Crippen LogP contribution in [0.4, 0.5) is 0 Å². The van der Waals surface area contributed by atoms with Crippen LogP contribution in [0.1, 0.15) is 15.9 Å². The van der Waals surface area contributed by atoms with Crippen LogP contribution in [0.2, 0.25) is 0 Å². The van der Waals surface area contributed by atoms with Crippen molar-refractivity contribution in [2.45, 2.75) is 13.1 Å². The number of benzene rings is 2. The molecular weight excluding hydrogens is 298 g/mol. The Morgan fingerprint density at radius 2 is 1.88 bits per heavy atom. The Labute approximate surface area is 141 Å². The lowest BCUT2D eigenvalue weighted by molar-refractivity contribution is 0.0956. The molecule has 4 heteroatoms. The zero-order chi connectivity index (χ0) is 17.1. The maximum absolute atomic E-state index is 12.2. The van der Waals surface area contributed by atoms with Gasteiger partial charge in [-0.1, -0.05) is 36.4 Å². The molecule has 0 aliphatic carbocycles. The first kappa shape index (κ1) is 16.0. The van der Waals surface area contributed by atoms with Crippen molar-refractivity contribution >= 4 is 16.8 Å². The molecule has 3 N–H and O–H groups in total. The summed E-state index contributed by atoms with van der Waals surface area (Å²) in [6.07, 6.45) is 0. The molecule has 0 unspecified atom stereocenters. The Balaban J connectivity index is 0.000000815. The Bertz CT molecular complexity index is 878. The fraction of sp³-hybridized carbons (Fsp3) is 0.150. The summed E-state index contributed by atoms with van der Waals surface area (Å²) in [7, 11) is 0. The number of nitrogens with zero attached hydrogens (tertiary/aromatic N) is 1. The van der Waals surface area contributed by atoms with Crippen LogP contribution in [-0.4, -0.2) is 17.0 Å². The van der Waals surface area contributed by atoms with E-state index in [0.29, 0.717) is 13.1 Å². The Kier molecular flexibility index (Phi) is 4.49. The van der Waals surface area contributed by atoms with Gasteiger partial charge in [-0.05, 0) is 23.3 Å². The molecule has 1 amide bonds. The Morgan fingerprint density at radius 3 is 2.58 bits per heavy atom. The fourth-order valence-electron chi connectivity index (χ4n) is 3.17. The van der Waals surface area contributed by atoms with Crippen LogP contribution in [0.25, 0.3) is 22.2 Å². The highest BCUT2D eigenvalue weighted by molar-refractivity contribution is 6.07. The van der Waals surface area contributed by atoms with E-state index in [1.54, 1.807) is 0 Å². The van der Waals surface area contributed by atoms with Gasteiger partial charge in [0.1, 0.15) is 0 Å². The Hall–Kier alpha value is -2.85. The van der Waals surface area contributed by atoms with E-state index < -0.39 is 0 Å². The lowest BCUT2D eigenvalue weighted by atomic mass is 10.1. The molecule has 1 aliphatic heterocycles. The number of amides is 1. The van der Waals surface area contributed by atoms with E-state index in [0.717, 1.165) is 39.8 Å². The molecule has 4 rings (SSSR count). The number of hydrogen-bond acceptors (Lipinski definition) is 2. The smallest absolute Gasteiger partial charge is 0.253 e. The van der Waals surface area contributed by atoms with E-state index in [4.69, 9.17) is 5.73 Å². The highest BCUT2D eigenvalue weighted by Crippen LogP contribution is 2.31. The first-order valence-electron chi connectivity index (χ1n) is 7.98. The van der Waals surface area contributed by atoms with Gasteiger partial charge in [0, 0.05) is 30.7 Å². The van der Waals surface area contributed by atoms with E-state index in [1.165, 1.54) is 0 Å². The van der Waals surface area contributed by atoms with E-state index in [-0.39, 0.29) is 5.91 Å². The summed E-state index contributed by atoms with van der Waals surface area (Å²) in [6, 6.07) is 16.4. The van der Waals surface area contributed by atoms with Crippen LogP contribution in [0, 0.1) is 0 Å². The topological polar surface area (TPSA) is 60.0 Å². The SMILES string of the molecule is C=C.NCc1ccc(-c2cc3cccc4c3n2CCNC4=O)cc1. The molecule has 2 aromatic carbocycles. The largest absolute Gasteiger partial charge is 0.350 e. The van der Waals surface area contributed by atoms with Gasteiger partial charge in [0.2, 0.25) is 0 Å². The van der Waals surface area contributed by atoms with Gasteiger partial charge >= 0.3 is 0 Å². The van der Waals surface area contributed by atoms with Crippen molar-refractivity contribution in [1.82, 2.24) is 9.88 Å². The first-order valence-corrected chi connectivity index (χ1v) is 7.98. The van der Waals surface area contributed by atoms with Crippen molar-refractivity contribution in [3.8, 4) is 11.3 Å². The van der Waals surface area contributed by atoms with Crippen molar-refractivity contribution in [3.05, 3.63) is 72.8 Å². The summed E-state index contributed by atoms with van der Waals surface area (Å²) in [4.78, 5) is 12.2. The summed E-state index contributed by atoms with van der Waals surface area (Å²) in [5, 5.41) is 4.06. The quantitative estimate of drug-likeness (QED) is 0.712. The van der Waals surface area contributed by atoms with Gasteiger partial charge in [-0.2, -0.15) is 0 Å². The van der Waals surface area contributed by atoms with Crippen LogP contribution in [0.3, 0.4) is 0 Å². The predicted octanol–water partition coefficient (Wildman–Crippen LogP) is 3.31. The molecule has 0 bridgehead atoms. The monoisotopic (exact) mass is 319 g/mol. The molecule has 0 saturated heterocycles. The van der Waals surface area contributed by atoms with Crippen LogP contribution >= 0.6 is 0 Å². The van der Waals surface area contributed by atoms with Gasteiger partial charge in [-0.15, -0.1) is 13.2 Å². The first-order chi connectivity index (χ1) is 11.8. The van der Waals surface area contributed by atoms with Crippen LogP contribution in [-0.2, 0) is 13.1 Å². The average Bonchev–Trinajstić information content (AvgIpc) is 2.93. The molecular formula is C20H21N3O. The summed E-state index contributed by atoms with van der Waals surface area (Å²) in [5.41, 5.74) is 10.9. The standard InChI is InChI=1S/C18H17N3O.C2H4/c19-11-12-4-6-13(7-5-12)16-10-14-2-1-3-15-17(14)21(16)9-8-20-18(15)22;1-2/h1-7,10H,8-9,11,19H2,(H,20,22);1-2H2. The molecule has 0 saturated carbocycles. The number of rotatable bonds is 2. The zero-order valence-corrected chi connectivity index (χ0v) is 13.6. The molecule has 0 fully saturated rings. The maximum Gasteiger partial charge on any atom is 0.253 e. The lowest BCUT2D eigenvalue weighted by Gasteiger charge is -2.09. The normalized spacial score (nSPS) is 13.0. The number of para-hydroxylation sites is 1. The van der Waals surface area contributed by atoms with Crippen molar-refractivity contribution in [3.63, 3.8) is 0 Å². The van der Waals surface area contributed by atoms with E-state index in [9.17, 15) is 4.79 Å². The van der Waals surface area contributed by atoms with Gasteiger partial charge in [-0.25, -0.2) is 0 Å². The van der Waals surface area contributed by atoms with Crippen molar-refractivity contribution in [2.24, 2.45) is 5.73 Å². The molecule has 0 atom stereocenters. The number of hydrogen-bond donors (Lipinski definition) is 2. The molecule has 1 aliphatic rings. The number of nitrogens with one attached hydrogen (secondary N) is 1. The molecule has 2 heterocycles. The van der Waals surface area contributed by atoms with E-state index in [1.807, 2.05) is 12.1 Å². The summed E-state index contributed by atoms with van der Waals surface area (Å²) >= 11 is 0. The highest BCUT2D eigenvalue weighted by atomic mass is 16.1. The van der Waals surface area contributed by atoms with Gasteiger partial charge < -0.3 is 15.6 Å². The second-order valence-corrected chi connectivity index (χ2v) is 5.58. The van der Waals surface area contributed by atoms with Crippen LogP contribution in [0.5, 0.6) is 0 Å². The van der Waals surface area contributed by atoms with Crippen LogP contribution in [0.15, 0.2) is 61.7 Å². The third-order valence-corrected chi connectivity index (χ3v) is 4.27. The highest BCUT2D eigenvalue weighted by Gasteiger charge is 2.20. The molecule has 122 valence electrons. The summed E-state index contributed by atoms with van der Waals surface area (Å²) < 4.78 is 2.24.